The molecule has 0 aromatic rings. The molecule has 1 aliphatic rings. The third-order valence-electron chi connectivity index (χ3n) is 3.30. The standard InChI is InChI=1S/C13H26N2O/c1-10(2)13(16)15-8-4-7-14-12-6-5-11(3)9-12/h10-12,14H,4-9H2,1-3H3,(H,15,16). The molecule has 2 unspecified atom stereocenters. The molecule has 1 amide bonds. The van der Waals surface area contributed by atoms with Gasteiger partial charge in [-0.15, -0.1) is 0 Å². The highest BCUT2D eigenvalue weighted by atomic mass is 16.1. The van der Waals surface area contributed by atoms with Crippen molar-refractivity contribution in [3.05, 3.63) is 0 Å². The highest BCUT2D eigenvalue weighted by Gasteiger charge is 2.19. The zero-order chi connectivity index (χ0) is 12.0. The number of rotatable bonds is 6. The molecule has 0 aliphatic heterocycles. The molecule has 3 nitrogen and oxygen atoms in total. The van der Waals surface area contributed by atoms with Crippen molar-refractivity contribution in [3.63, 3.8) is 0 Å². The van der Waals surface area contributed by atoms with E-state index in [0.717, 1.165) is 31.5 Å². The minimum atomic E-state index is 0.101. The molecule has 1 aliphatic carbocycles. The molecule has 0 aromatic heterocycles. The number of carbonyl (C=O) groups is 1. The average molecular weight is 226 g/mol. The zero-order valence-electron chi connectivity index (χ0n) is 10.9. The lowest BCUT2D eigenvalue weighted by Gasteiger charge is -2.12. The second-order valence-corrected chi connectivity index (χ2v) is 5.37. The normalized spacial score (nSPS) is 25.0. The van der Waals surface area contributed by atoms with Crippen LogP contribution in [0.3, 0.4) is 0 Å². The lowest BCUT2D eigenvalue weighted by Crippen LogP contribution is -2.32. The minimum absolute atomic E-state index is 0.101. The molecule has 0 heterocycles. The van der Waals surface area contributed by atoms with E-state index in [1.807, 2.05) is 13.8 Å². The van der Waals surface area contributed by atoms with Crippen LogP contribution in [0.5, 0.6) is 0 Å². The fourth-order valence-electron chi connectivity index (χ4n) is 2.20. The highest BCUT2D eigenvalue weighted by molar-refractivity contribution is 5.77. The topological polar surface area (TPSA) is 41.1 Å². The van der Waals surface area contributed by atoms with Crippen molar-refractivity contribution < 1.29 is 4.79 Å². The summed E-state index contributed by atoms with van der Waals surface area (Å²) in [4.78, 5) is 11.3. The summed E-state index contributed by atoms with van der Waals surface area (Å²) in [5.41, 5.74) is 0. The molecular weight excluding hydrogens is 200 g/mol. The molecule has 0 bridgehead atoms. The molecule has 2 N–H and O–H groups in total. The maximum Gasteiger partial charge on any atom is 0.222 e. The van der Waals surface area contributed by atoms with Crippen molar-refractivity contribution in [1.29, 1.82) is 0 Å². The van der Waals surface area contributed by atoms with Gasteiger partial charge in [-0.05, 0) is 38.1 Å². The number of amides is 1. The first-order chi connectivity index (χ1) is 7.59. The number of hydrogen-bond donors (Lipinski definition) is 2. The second-order valence-electron chi connectivity index (χ2n) is 5.37. The molecule has 1 rings (SSSR count). The highest BCUT2D eigenvalue weighted by Crippen LogP contribution is 2.24. The Bertz CT molecular complexity index is 216. The molecule has 2 atom stereocenters. The van der Waals surface area contributed by atoms with Crippen molar-refractivity contribution in [2.45, 2.75) is 52.5 Å². The summed E-state index contributed by atoms with van der Waals surface area (Å²) in [5.74, 6) is 1.15. The van der Waals surface area contributed by atoms with Crippen molar-refractivity contribution >= 4 is 5.91 Å². The Hall–Kier alpha value is -0.570. The van der Waals surface area contributed by atoms with E-state index in [2.05, 4.69) is 17.6 Å². The monoisotopic (exact) mass is 226 g/mol. The molecule has 1 fully saturated rings. The van der Waals surface area contributed by atoms with Gasteiger partial charge in [-0.3, -0.25) is 4.79 Å². The summed E-state index contributed by atoms with van der Waals surface area (Å²) < 4.78 is 0. The maximum absolute atomic E-state index is 11.3. The Morgan fingerprint density at radius 3 is 2.62 bits per heavy atom. The van der Waals surface area contributed by atoms with Gasteiger partial charge in [-0.2, -0.15) is 0 Å². The second kappa shape index (κ2) is 6.89. The molecule has 0 radical (unpaired) electrons. The van der Waals surface area contributed by atoms with Gasteiger partial charge in [0.25, 0.3) is 0 Å². The maximum atomic E-state index is 11.3. The summed E-state index contributed by atoms with van der Waals surface area (Å²) >= 11 is 0. The molecule has 0 saturated heterocycles. The third-order valence-corrected chi connectivity index (χ3v) is 3.30. The lowest BCUT2D eigenvalue weighted by molar-refractivity contribution is -0.123. The third kappa shape index (κ3) is 4.97. The fraction of sp³-hybridized carbons (Fsp3) is 0.923. The predicted octanol–water partition coefficient (Wildman–Crippen LogP) is 1.93. The van der Waals surface area contributed by atoms with Crippen LogP contribution in [0.15, 0.2) is 0 Å². The summed E-state index contributed by atoms with van der Waals surface area (Å²) in [6.07, 6.45) is 5.03. The Labute approximate surface area is 99.4 Å². The molecule has 3 heteroatoms. The fourth-order valence-corrected chi connectivity index (χ4v) is 2.20. The Morgan fingerprint density at radius 2 is 2.06 bits per heavy atom. The van der Waals surface area contributed by atoms with Crippen LogP contribution in [-0.4, -0.2) is 25.0 Å². The van der Waals surface area contributed by atoms with Gasteiger partial charge < -0.3 is 10.6 Å². The first kappa shape index (κ1) is 13.5. The van der Waals surface area contributed by atoms with Crippen molar-refractivity contribution in [3.8, 4) is 0 Å². The lowest BCUT2D eigenvalue weighted by atomic mass is 10.1. The van der Waals surface area contributed by atoms with Gasteiger partial charge in [-0.25, -0.2) is 0 Å². The molecule has 0 aromatic carbocycles. The average Bonchev–Trinajstić information content (AvgIpc) is 2.63. The van der Waals surface area contributed by atoms with Crippen molar-refractivity contribution in [1.82, 2.24) is 10.6 Å². The Balaban J connectivity index is 1.94. The van der Waals surface area contributed by atoms with E-state index in [1.165, 1.54) is 19.3 Å². The minimum Gasteiger partial charge on any atom is -0.356 e. The molecule has 16 heavy (non-hydrogen) atoms. The van der Waals surface area contributed by atoms with Crippen LogP contribution in [0.1, 0.15) is 46.5 Å². The predicted molar refractivity (Wildman–Crippen MR) is 67.3 cm³/mol. The number of carbonyl (C=O) groups excluding carboxylic acids is 1. The molecule has 94 valence electrons. The SMILES string of the molecule is CC1CCC(NCCCNC(=O)C(C)C)C1. The molecule has 1 saturated carbocycles. The van der Waals surface area contributed by atoms with Crippen LogP contribution >= 0.6 is 0 Å². The number of nitrogens with one attached hydrogen (secondary N) is 2. The van der Waals surface area contributed by atoms with E-state index in [4.69, 9.17) is 0 Å². The van der Waals surface area contributed by atoms with Crippen LogP contribution in [0.25, 0.3) is 0 Å². The van der Waals surface area contributed by atoms with Crippen molar-refractivity contribution in [2.24, 2.45) is 11.8 Å². The van der Waals surface area contributed by atoms with E-state index < -0.39 is 0 Å². The summed E-state index contributed by atoms with van der Waals surface area (Å²) in [7, 11) is 0. The first-order valence-corrected chi connectivity index (χ1v) is 6.60. The summed E-state index contributed by atoms with van der Waals surface area (Å²) in [6.45, 7) is 7.99. The molecular formula is C13H26N2O. The molecule has 0 spiro atoms. The van der Waals surface area contributed by atoms with Crippen LogP contribution in [0.4, 0.5) is 0 Å². The quantitative estimate of drug-likeness (QED) is 0.679. The first-order valence-electron chi connectivity index (χ1n) is 6.60. The van der Waals surface area contributed by atoms with Crippen LogP contribution in [0, 0.1) is 11.8 Å². The van der Waals surface area contributed by atoms with Gasteiger partial charge in [0.05, 0.1) is 0 Å². The van der Waals surface area contributed by atoms with Gasteiger partial charge in [-0.1, -0.05) is 20.8 Å². The van der Waals surface area contributed by atoms with Gasteiger partial charge in [0, 0.05) is 18.5 Å². The summed E-state index contributed by atoms with van der Waals surface area (Å²) in [6, 6.07) is 0.718. The Kier molecular flexibility index (Phi) is 5.81. The van der Waals surface area contributed by atoms with Crippen LogP contribution < -0.4 is 10.6 Å². The van der Waals surface area contributed by atoms with E-state index in [0.29, 0.717) is 0 Å². The van der Waals surface area contributed by atoms with Gasteiger partial charge in [0.2, 0.25) is 5.91 Å². The summed E-state index contributed by atoms with van der Waals surface area (Å²) in [5, 5.41) is 6.50. The van der Waals surface area contributed by atoms with Gasteiger partial charge >= 0.3 is 0 Å². The van der Waals surface area contributed by atoms with Gasteiger partial charge in [0.15, 0.2) is 0 Å². The van der Waals surface area contributed by atoms with Gasteiger partial charge in [0.1, 0.15) is 0 Å². The number of hydrogen-bond acceptors (Lipinski definition) is 2. The zero-order valence-corrected chi connectivity index (χ0v) is 10.9. The van der Waals surface area contributed by atoms with Crippen LogP contribution in [-0.2, 0) is 4.79 Å². The van der Waals surface area contributed by atoms with E-state index in [-0.39, 0.29) is 11.8 Å². The van der Waals surface area contributed by atoms with E-state index >= 15 is 0 Å². The largest absolute Gasteiger partial charge is 0.356 e. The van der Waals surface area contributed by atoms with Crippen molar-refractivity contribution in [2.75, 3.05) is 13.1 Å². The van der Waals surface area contributed by atoms with E-state index in [1.54, 1.807) is 0 Å². The Morgan fingerprint density at radius 1 is 1.31 bits per heavy atom. The van der Waals surface area contributed by atoms with E-state index in [9.17, 15) is 4.79 Å². The van der Waals surface area contributed by atoms with Crippen LogP contribution in [0.2, 0.25) is 0 Å². The smallest absolute Gasteiger partial charge is 0.222 e.